The van der Waals surface area contributed by atoms with Crippen LogP contribution in [-0.4, -0.2) is 29.5 Å². The summed E-state index contributed by atoms with van der Waals surface area (Å²) in [5, 5.41) is 12.6. The van der Waals surface area contributed by atoms with Gasteiger partial charge >= 0.3 is 5.97 Å². The zero-order chi connectivity index (χ0) is 22.1. The van der Waals surface area contributed by atoms with Crippen molar-refractivity contribution in [3.05, 3.63) is 69.7 Å². The summed E-state index contributed by atoms with van der Waals surface area (Å²) >= 11 is 1.08. The number of rotatable bonds is 6. The number of carbonyl (C=O) groups is 3. The van der Waals surface area contributed by atoms with E-state index in [1.54, 1.807) is 18.2 Å². The predicted molar refractivity (Wildman–Crippen MR) is 113 cm³/mol. The zero-order valence-corrected chi connectivity index (χ0v) is 16.9. The van der Waals surface area contributed by atoms with Crippen LogP contribution in [0, 0.1) is 5.82 Å². The number of thiophene rings is 1. The first-order valence-corrected chi connectivity index (χ1v) is 10.1. The van der Waals surface area contributed by atoms with E-state index in [0.717, 1.165) is 16.9 Å². The van der Waals surface area contributed by atoms with E-state index in [-0.39, 0.29) is 23.8 Å². The molecule has 1 aromatic heterocycles. The summed E-state index contributed by atoms with van der Waals surface area (Å²) < 4.78 is 18.8. The Morgan fingerprint density at radius 1 is 1.23 bits per heavy atom. The number of benzene rings is 2. The van der Waals surface area contributed by atoms with E-state index in [0.29, 0.717) is 27.4 Å². The maximum atomic E-state index is 13.4. The number of carbonyl (C=O) groups excluding carboxylic acids is 2. The van der Waals surface area contributed by atoms with Crippen LogP contribution >= 0.6 is 11.3 Å². The lowest BCUT2D eigenvalue weighted by Gasteiger charge is -2.24. The molecule has 3 aromatic rings. The van der Waals surface area contributed by atoms with E-state index in [1.165, 1.54) is 24.3 Å². The van der Waals surface area contributed by atoms with E-state index in [9.17, 15) is 23.9 Å². The number of nitrogens with one attached hydrogen (secondary N) is 1. The van der Waals surface area contributed by atoms with Gasteiger partial charge in [0.2, 0.25) is 5.91 Å². The lowest BCUT2D eigenvalue weighted by atomic mass is 9.88. The molecule has 7 nitrogen and oxygen atoms in total. The summed E-state index contributed by atoms with van der Waals surface area (Å²) in [7, 11) is 0. The van der Waals surface area contributed by atoms with Gasteiger partial charge in [0.15, 0.2) is 6.61 Å². The molecule has 1 aliphatic rings. The first kappa shape index (κ1) is 20.5. The molecule has 0 spiro atoms. The molecule has 2 heterocycles. The largest absolute Gasteiger partial charge is 0.484 e. The van der Waals surface area contributed by atoms with Crippen molar-refractivity contribution in [2.45, 2.75) is 12.3 Å². The number of carboxylic acids is 1. The number of aromatic carboxylic acids is 1. The number of primary amides is 1. The monoisotopic (exact) mass is 440 g/mol. The highest BCUT2D eigenvalue weighted by Crippen LogP contribution is 2.49. The van der Waals surface area contributed by atoms with E-state index in [4.69, 9.17) is 10.5 Å². The minimum absolute atomic E-state index is 0.0601. The highest BCUT2D eigenvalue weighted by atomic mass is 32.1. The number of hydrogen-bond acceptors (Lipinski definition) is 5. The number of carboxylic acid groups (broad SMARTS) is 1. The van der Waals surface area contributed by atoms with E-state index in [2.05, 4.69) is 5.32 Å². The van der Waals surface area contributed by atoms with E-state index >= 15 is 0 Å². The third-order valence-electron chi connectivity index (χ3n) is 4.87. The van der Waals surface area contributed by atoms with Crippen molar-refractivity contribution in [3.63, 3.8) is 0 Å². The number of fused-ring (bicyclic) bond motifs is 1. The van der Waals surface area contributed by atoms with Crippen molar-refractivity contribution < 1.29 is 28.6 Å². The summed E-state index contributed by atoms with van der Waals surface area (Å²) in [6.45, 7) is -0.281. The summed E-state index contributed by atoms with van der Waals surface area (Å²) in [4.78, 5) is 36.2. The molecular formula is C22H17FN2O5S. The van der Waals surface area contributed by atoms with Gasteiger partial charge in [0, 0.05) is 22.8 Å². The van der Waals surface area contributed by atoms with Crippen LogP contribution in [0.5, 0.6) is 5.75 Å². The number of hydrogen-bond donors (Lipinski definition) is 3. The predicted octanol–water partition coefficient (Wildman–Crippen LogP) is 3.59. The fourth-order valence-electron chi connectivity index (χ4n) is 3.57. The standard InChI is InChI=1S/C22H17FN2O5S/c23-13-6-4-11(5-7-13)18-19-20(31-21(18)22(28)29)15(9-17(27)25-19)12-2-1-3-14(8-12)30-10-16(24)26/h1-8,15H,9-10H2,(H2,24,26)(H,25,27)(H,28,29)/t15-/m1/s1. The molecule has 2 amide bonds. The third kappa shape index (κ3) is 4.13. The van der Waals surface area contributed by atoms with Crippen LogP contribution in [0.25, 0.3) is 11.1 Å². The molecule has 0 fully saturated rings. The third-order valence-corrected chi connectivity index (χ3v) is 6.17. The first-order valence-electron chi connectivity index (χ1n) is 9.30. The Kier molecular flexibility index (Phi) is 5.43. The average molecular weight is 440 g/mol. The number of anilines is 1. The number of halogens is 1. The van der Waals surface area contributed by atoms with Crippen molar-refractivity contribution in [3.8, 4) is 16.9 Å². The molecule has 0 saturated heterocycles. The van der Waals surface area contributed by atoms with Crippen LogP contribution in [0.1, 0.15) is 32.5 Å². The SMILES string of the molecule is NC(=O)COc1cccc([C@H]2CC(=O)Nc3c2sc(C(=O)O)c3-c2ccc(F)cc2)c1. The first-order chi connectivity index (χ1) is 14.8. The Morgan fingerprint density at radius 2 is 1.97 bits per heavy atom. The minimum Gasteiger partial charge on any atom is -0.484 e. The van der Waals surface area contributed by atoms with Crippen LogP contribution in [0.15, 0.2) is 48.5 Å². The summed E-state index contributed by atoms with van der Waals surface area (Å²) in [6.07, 6.45) is 0.120. The normalized spacial score (nSPS) is 15.1. The molecule has 4 N–H and O–H groups in total. The topological polar surface area (TPSA) is 119 Å². The molecule has 0 unspecified atom stereocenters. The summed E-state index contributed by atoms with van der Waals surface area (Å²) in [5.41, 5.74) is 7.12. The maximum absolute atomic E-state index is 13.4. The van der Waals surface area contributed by atoms with Crippen molar-refractivity contribution in [1.29, 1.82) is 0 Å². The fraction of sp³-hybridized carbons (Fsp3) is 0.136. The van der Waals surface area contributed by atoms with Crippen molar-refractivity contribution in [2.75, 3.05) is 11.9 Å². The lowest BCUT2D eigenvalue weighted by molar-refractivity contribution is -0.120. The smallest absolute Gasteiger partial charge is 0.346 e. The fourth-order valence-corrected chi connectivity index (χ4v) is 4.82. The van der Waals surface area contributed by atoms with Crippen molar-refractivity contribution in [2.24, 2.45) is 5.73 Å². The molecule has 2 aromatic carbocycles. The number of ether oxygens (including phenoxy) is 1. The molecular weight excluding hydrogens is 423 g/mol. The number of amides is 2. The average Bonchev–Trinajstić information content (AvgIpc) is 3.12. The van der Waals surface area contributed by atoms with Gasteiger partial charge in [-0.1, -0.05) is 24.3 Å². The molecule has 1 atom stereocenters. The van der Waals surface area contributed by atoms with Gasteiger partial charge < -0.3 is 20.9 Å². The number of nitrogens with two attached hydrogens (primary N) is 1. The zero-order valence-electron chi connectivity index (χ0n) is 16.1. The molecule has 9 heteroatoms. The highest BCUT2D eigenvalue weighted by Gasteiger charge is 2.34. The van der Waals surface area contributed by atoms with E-state index in [1.807, 2.05) is 6.07 Å². The Labute approximate surface area is 180 Å². The maximum Gasteiger partial charge on any atom is 0.346 e. The summed E-state index contributed by atoms with van der Waals surface area (Å²) in [5.74, 6) is -2.45. The Balaban J connectivity index is 1.82. The molecule has 0 saturated carbocycles. The Bertz CT molecular complexity index is 1190. The molecule has 0 bridgehead atoms. The Morgan fingerprint density at radius 3 is 2.65 bits per heavy atom. The van der Waals surface area contributed by atoms with Crippen molar-refractivity contribution >= 4 is 34.8 Å². The Hall–Kier alpha value is -3.72. The second kappa shape index (κ2) is 8.19. The molecule has 1 aliphatic heterocycles. The second-order valence-electron chi connectivity index (χ2n) is 6.99. The van der Waals surface area contributed by atoms with Gasteiger partial charge in [0.1, 0.15) is 16.4 Å². The van der Waals surface area contributed by atoms with Gasteiger partial charge in [-0.3, -0.25) is 9.59 Å². The van der Waals surface area contributed by atoms with Crippen LogP contribution in [-0.2, 0) is 9.59 Å². The quantitative estimate of drug-likeness (QED) is 0.541. The lowest BCUT2D eigenvalue weighted by Crippen LogP contribution is -2.22. The van der Waals surface area contributed by atoms with Gasteiger partial charge in [0.05, 0.1) is 5.69 Å². The molecule has 0 aliphatic carbocycles. The van der Waals surface area contributed by atoms with Gasteiger partial charge in [0.25, 0.3) is 5.91 Å². The second-order valence-corrected chi connectivity index (χ2v) is 8.04. The van der Waals surface area contributed by atoms with E-state index < -0.39 is 23.6 Å². The molecule has 4 rings (SSSR count). The van der Waals surface area contributed by atoms with Gasteiger partial charge in [-0.05, 0) is 35.4 Å². The minimum atomic E-state index is -1.13. The molecule has 31 heavy (non-hydrogen) atoms. The van der Waals surface area contributed by atoms with Crippen LogP contribution in [0.4, 0.5) is 10.1 Å². The summed E-state index contributed by atoms with van der Waals surface area (Å²) in [6, 6.07) is 12.4. The molecule has 158 valence electrons. The highest BCUT2D eigenvalue weighted by molar-refractivity contribution is 7.15. The molecule has 0 radical (unpaired) electrons. The van der Waals surface area contributed by atoms with Crippen molar-refractivity contribution in [1.82, 2.24) is 0 Å². The van der Waals surface area contributed by atoms with Gasteiger partial charge in [-0.2, -0.15) is 0 Å². The van der Waals surface area contributed by atoms with Gasteiger partial charge in [-0.25, -0.2) is 9.18 Å². The van der Waals surface area contributed by atoms with Gasteiger partial charge in [-0.15, -0.1) is 11.3 Å². The van der Waals surface area contributed by atoms with Crippen LogP contribution < -0.4 is 15.8 Å². The van der Waals surface area contributed by atoms with Crippen LogP contribution in [0.3, 0.4) is 0 Å². The van der Waals surface area contributed by atoms with Crippen LogP contribution in [0.2, 0.25) is 0 Å².